The summed E-state index contributed by atoms with van der Waals surface area (Å²) in [4.78, 5) is 30.2. The SMILES string of the molecule is CC(C)(C)C1=CC23CC(c4ccc5ccccc5c4)(c4ccc5ccccc5c4)OOC2(CCN(C(C)(C)C)C3=O)O1. The van der Waals surface area contributed by atoms with Gasteiger partial charge in [0.2, 0.25) is 5.91 Å². The second-order valence-electron chi connectivity index (χ2n) is 14.3. The summed E-state index contributed by atoms with van der Waals surface area (Å²) in [5.41, 5.74) is -0.941. The molecule has 3 aliphatic rings. The minimum absolute atomic E-state index is 0.0229. The molecule has 4 aromatic rings. The van der Waals surface area contributed by atoms with Crippen molar-refractivity contribution in [1.29, 1.82) is 0 Å². The van der Waals surface area contributed by atoms with Gasteiger partial charge in [-0.25, -0.2) is 4.89 Å². The number of hydrogen-bond acceptors (Lipinski definition) is 4. The smallest absolute Gasteiger partial charge is 0.260 e. The molecule has 0 aromatic heterocycles. The second-order valence-corrected chi connectivity index (χ2v) is 14.3. The molecule has 4 aromatic carbocycles. The predicted octanol–water partition coefficient (Wildman–Crippen LogP) is 8.26. The van der Waals surface area contributed by atoms with Gasteiger partial charge >= 0.3 is 0 Å². The Morgan fingerprint density at radius 3 is 1.79 bits per heavy atom. The quantitative estimate of drug-likeness (QED) is 0.231. The standard InChI is InChI=1S/C37H39NO4/c1-33(2,3)31-23-35-24-36(29-17-15-25-11-7-9-13-27(25)21-29,30-18-16-26-12-8-10-14-28(26)22-30)41-42-37(35,40-31)19-20-38(32(35)39)34(4,5)6/h7-18,21-23H,19-20,24H2,1-6H3. The first-order valence-electron chi connectivity index (χ1n) is 15.0. The number of benzene rings is 4. The maximum atomic E-state index is 14.9. The molecule has 2 fully saturated rings. The van der Waals surface area contributed by atoms with Crippen LogP contribution in [0.1, 0.15) is 65.5 Å². The normalized spacial score (nSPS) is 25.6. The largest absolute Gasteiger partial charge is 0.462 e. The number of ether oxygens (including phenoxy) is 1. The van der Waals surface area contributed by atoms with Gasteiger partial charge in [-0.2, -0.15) is 4.89 Å². The van der Waals surface area contributed by atoms with E-state index in [-0.39, 0.29) is 16.9 Å². The molecule has 0 radical (unpaired) electrons. The fraction of sp³-hybridized carbons (Fsp3) is 0.378. The molecule has 42 heavy (non-hydrogen) atoms. The molecular formula is C37H39NO4. The van der Waals surface area contributed by atoms with Gasteiger partial charge in [0.05, 0.1) is 0 Å². The lowest BCUT2D eigenvalue weighted by Crippen LogP contribution is -2.69. The highest BCUT2D eigenvalue weighted by Gasteiger charge is 2.73. The molecule has 0 aliphatic carbocycles. The van der Waals surface area contributed by atoms with Crippen LogP contribution >= 0.6 is 0 Å². The summed E-state index contributed by atoms with van der Waals surface area (Å²) in [6.07, 6.45) is 2.94. The molecule has 5 heteroatoms. The maximum absolute atomic E-state index is 14.9. The summed E-state index contributed by atoms with van der Waals surface area (Å²) in [6.45, 7) is 13.2. The van der Waals surface area contributed by atoms with Crippen molar-refractivity contribution >= 4 is 27.5 Å². The van der Waals surface area contributed by atoms with Crippen LogP contribution in [0.3, 0.4) is 0 Å². The van der Waals surface area contributed by atoms with E-state index in [9.17, 15) is 4.79 Å². The monoisotopic (exact) mass is 561 g/mol. The van der Waals surface area contributed by atoms with Crippen LogP contribution in [0.5, 0.6) is 0 Å². The van der Waals surface area contributed by atoms with Gasteiger partial charge in [0.1, 0.15) is 11.2 Å². The van der Waals surface area contributed by atoms with Crippen LogP contribution in [0.15, 0.2) is 96.8 Å². The number of hydrogen-bond donors (Lipinski definition) is 0. The summed E-state index contributed by atoms with van der Waals surface area (Å²) in [5.74, 6) is -0.441. The zero-order chi connectivity index (χ0) is 29.5. The summed E-state index contributed by atoms with van der Waals surface area (Å²) in [7, 11) is 0. The summed E-state index contributed by atoms with van der Waals surface area (Å²) in [6, 6.07) is 29.5. The molecule has 1 amide bonds. The van der Waals surface area contributed by atoms with Crippen LogP contribution in [0.2, 0.25) is 0 Å². The van der Waals surface area contributed by atoms with Gasteiger partial charge in [-0.3, -0.25) is 4.79 Å². The maximum Gasteiger partial charge on any atom is 0.260 e. The van der Waals surface area contributed by atoms with Gasteiger partial charge in [-0.05, 0) is 71.7 Å². The number of amides is 1. The molecule has 2 atom stereocenters. The molecule has 5 nitrogen and oxygen atoms in total. The fourth-order valence-electron chi connectivity index (χ4n) is 7.04. The average molecular weight is 562 g/mol. The van der Waals surface area contributed by atoms with Crippen molar-refractivity contribution in [1.82, 2.24) is 4.90 Å². The van der Waals surface area contributed by atoms with Crippen LogP contribution in [-0.4, -0.2) is 28.7 Å². The molecule has 216 valence electrons. The first-order valence-corrected chi connectivity index (χ1v) is 15.0. The highest BCUT2D eigenvalue weighted by atomic mass is 17.2. The molecule has 2 saturated heterocycles. The van der Waals surface area contributed by atoms with E-state index in [1.165, 1.54) is 0 Å². The first-order chi connectivity index (χ1) is 19.9. The number of carbonyl (C=O) groups is 1. The number of rotatable bonds is 2. The Morgan fingerprint density at radius 2 is 1.26 bits per heavy atom. The molecule has 3 heterocycles. The number of carbonyl (C=O) groups excluding carboxylic acids is 1. The molecule has 0 bridgehead atoms. The zero-order valence-corrected chi connectivity index (χ0v) is 25.4. The van der Waals surface area contributed by atoms with E-state index in [1.807, 2.05) is 29.2 Å². The van der Waals surface area contributed by atoms with E-state index < -0.39 is 16.8 Å². The number of piperidine rings is 1. The first kappa shape index (κ1) is 27.2. The van der Waals surface area contributed by atoms with Crippen molar-refractivity contribution in [3.05, 3.63) is 108 Å². The number of allylic oxidation sites excluding steroid dienone is 1. The highest BCUT2D eigenvalue weighted by molar-refractivity contribution is 5.90. The lowest BCUT2D eigenvalue weighted by atomic mass is 9.63. The topological polar surface area (TPSA) is 48.0 Å². The Kier molecular flexibility index (Phi) is 5.77. The van der Waals surface area contributed by atoms with Crippen molar-refractivity contribution < 1.29 is 19.3 Å². The van der Waals surface area contributed by atoms with Gasteiger partial charge in [-0.1, -0.05) is 93.6 Å². The molecule has 0 N–H and O–H groups in total. The van der Waals surface area contributed by atoms with Gasteiger partial charge in [0.15, 0.2) is 5.60 Å². The Hall–Kier alpha value is -3.67. The van der Waals surface area contributed by atoms with Crippen LogP contribution in [0.25, 0.3) is 21.5 Å². The van der Waals surface area contributed by atoms with Gasteiger partial charge in [0.25, 0.3) is 5.79 Å². The summed E-state index contributed by atoms with van der Waals surface area (Å²) >= 11 is 0. The van der Waals surface area contributed by atoms with Crippen LogP contribution < -0.4 is 0 Å². The Balaban J connectivity index is 1.49. The third kappa shape index (κ3) is 3.86. The van der Waals surface area contributed by atoms with E-state index in [4.69, 9.17) is 14.5 Å². The average Bonchev–Trinajstić information content (AvgIpc) is 3.33. The minimum atomic E-state index is -1.23. The lowest BCUT2D eigenvalue weighted by molar-refractivity contribution is -0.505. The summed E-state index contributed by atoms with van der Waals surface area (Å²) < 4.78 is 6.72. The van der Waals surface area contributed by atoms with Crippen LogP contribution in [0, 0.1) is 10.8 Å². The van der Waals surface area contributed by atoms with E-state index in [2.05, 4.69) is 108 Å². The van der Waals surface area contributed by atoms with Gasteiger partial charge in [-0.15, -0.1) is 0 Å². The molecule has 3 aliphatic heterocycles. The van der Waals surface area contributed by atoms with E-state index in [0.717, 1.165) is 38.4 Å². The fourth-order valence-corrected chi connectivity index (χ4v) is 7.04. The molecule has 0 spiro atoms. The van der Waals surface area contributed by atoms with E-state index in [1.54, 1.807) is 0 Å². The van der Waals surface area contributed by atoms with E-state index in [0.29, 0.717) is 19.4 Å². The Labute approximate surface area is 248 Å². The highest BCUT2D eigenvalue weighted by Crippen LogP contribution is 2.64. The van der Waals surface area contributed by atoms with Crippen molar-refractivity contribution in [3.63, 3.8) is 0 Å². The van der Waals surface area contributed by atoms with Crippen molar-refractivity contribution in [2.24, 2.45) is 10.8 Å². The Morgan fingerprint density at radius 1 is 0.714 bits per heavy atom. The van der Waals surface area contributed by atoms with Gasteiger partial charge < -0.3 is 9.64 Å². The molecule has 0 saturated carbocycles. The van der Waals surface area contributed by atoms with Crippen molar-refractivity contribution in [3.8, 4) is 0 Å². The minimum Gasteiger partial charge on any atom is -0.462 e. The number of fused-ring (bicyclic) bond motifs is 2. The summed E-state index contributed by atoms with van der Waals surface area (Å²) in [5, 5.41) is 4.50. The predicted molar refractivity (Wildman–Crippen MR) is 165 cm³/mol. The second kappa shape index (κ2) is 8.92. The third-order valence-corrected chi connectivity index (χ3v) is 9.45. The zero-order valence-electron chi connectivity index (χ0n) is 25.4. The Bertz CT molecular complexity index is 1680. The molecular weight excluding hydrogens is 522 g/mol. The van der Waals surface area contributed by atoms with Gasteiger partial charge in [0, 0.05) is 30.3 Å². The van der Waals surface area contributed by atoms with Crippen LogP contribution in [0.4, 0.5) is 0 Å². The molecule has 7 rings (SSSR count). The molecule has 2 unspecified atom stereocenters. The number of likely N-dealkylation sites (tertiary alicyclic amines) is 1. The van der Waals surface area contributed by atoms with Crippen LogP contribution in [-0.2, 0) is 24.9 Å². The third-order valence-electron chi connectivity index (χ3n) is 9.45. The van der Waals surface area contributed by atoms with Crippen molar-refractivity contribution in [2.45, 2.75) is 71.3 Å². The number of nitrogens with zero attached hydrogens (tertiary/aromatic N) is 1. The van der Waals surface area contributed by atoms with E-state index >= 15 is 0 Å². The lowest BCUT2D eigenvalue weighted by Gasteiger charge is -2.57. The van der Waals surface area contributed by atoms with Crippen molar-refractivity contribution in [2.75, 3.05) is 6.54 Å².